The van der Waals surface area contributed by atoms with Crippen molar-refractivity contribution >= 4 is 27.6 Å². The van der Waals surface area contributed by atoms with Gasteiger partial charge in [-0.25, -0.2) is 0 Å². The number of ketones is 1. The first-order chi connectivity index (χ1) is 9.56. The summed E-state index contributed by atoms with van der Waals surface area (Å²) in [5.41, 5.74) is 6.11. The second-order valence-electron chi connectivity index (χ2n) is 4.11. The van der Waals surface area contributed by atoms with Crippen molar-refractivity contribution in [2.45, 2.75) is 0 Å². The smallest absolute Gasteiger partial charge is 0.248 e. The van der Waals surface area contributed by atoms with Crippen molar-refractivity contribution < 1.29 is 14.3 Å². The number of nitrogens with two attached hydrogens (primary N) is 1. The van der Waals surface area contributed by atoms with Gasteiger partial charge in [0.25, 0.3) is 0 Å². The zero-order valence-electron chi connectivity index (χ0n) is 10.5. The minimum Gasteiger partial charge on any atom is -0.485 e. The van der Waals surface area contributed by atoms with E-state index in [9.17, 15) is 9.59 Å². The summed E-state index contributed by atoms with van der Waals surface area (Å²) in [6.45, 7) is -0.0631. The van der Waals surface area contributed by atoms with Crippen LogP contribution in [0.4, 0.5) is 0 Å². The van der Waals surface area contributed by atoms with Crippen molar-refractivity contribution in [3.8, 4) is 5.75 Å². The Morgan fingerprint density at radius 3 is 2.35 bits per heavy atom. The highest BCUT2D eigenvalue weighted by Crippen LogP contribution is 2.14. The van der Waals surface area contributed by atoms with Crippen molar-refractivity contribution in [1.82, 2.24) is 0 Å². The number of halogens is 1. The number of rotatable bonds is 5. The summed E-state index contributed by atoms with van der Waals surface area (Å²) in [6.07, 6.45) is 0. The third-order valence-corrected chi connectivity index (χ3v) is 3.15. The molecule has 2 aromatic carbocycles. The molecule has 4 nitrogen and oxygen atoms in total. The molecule has 0 unspecified atom stereocenters. The maximum Gasteiger partial charge on any atom is 0.248 e. The van der Waals surface area contributed by atoms with E-state index in [1.165, 1.54) is 0 Å². The van der Waals surface area contributed by atoms with Crippen molar-refractivity contribution in [3.63, 3.8) is 0 Å². The van der Waals surface area contributed by atoms with Crippen LogP contribution in [0.3, 0.4) is 0 Å². The standard InChI is InChI=1S/C15H12BrNO3/c16-12-3-1-2-11(8-12)14(18)9-20-13-6-4-10(5-7-13)15(17)19/h1-8H,9H2,(H2,17,19). The highest BCUT2D eigenvalue weighted by molar-refractivity contribution is 9.10. The van der Waals surface area contributed by atoms with Crippen LogP contribution in [0, 0.1) is 0 Å². The van der Waals surface area contributed by atoms with E-state index in [2.05, 4.69) is 15.9 Å². The highest BCUT2D eigenvalue weighted by atomic mass is 79.9. The minimum atomic E-state index is -0.498. The number of carbonyl (C=O) groups is 2. The Balaban J connectivity index is 1.98. The van der Waals surface area contributed by atoms with E-state index in [0.29, 0.717) is 16.9 Å². The molecular formula is C15H12BrNO3. The van der Waals surface area contributed by atoms with Gasteiger partial charge in [0.1, 0.15) is 5.75 Å². The molecule has 0 saturated carbocycles. The Hall–Kier alpha value is -2.14. The molecular weight excluding hydrogens is 322 g/mol. The fraction of sp³-hybridized carbons (Fsp3) is 0.0667. The molecule has 0 atom stereocenters. The summed E-state index contributed by atoms with van der Waals surface area (Å²) >= 11 is 3.31. The molecule has 0 saturated heterocycles. The third kappa shape index (κ3) is 3.68. The summed E-state index contributed by atoms with van der Waals surface area (Å²) in [5, 5.41) is 0. The first-order valence-corrected chi connectivity index (χ1v) is 6.67. The lowest BCUT2D eigenvalue weighted by atomic mass is 10.1. The van der Waals surface area contributed by atoms with Crippen LogP contribution in [0.5, 0.6) is 5.75 Å². The number of ether oxygens (including phenoxy) is 1. The third-order valence-electron chi connectivity index (χ3n) is 2.66. The molecule has 0 heterocycles. The van der Waals surface area contributed by atoms with Crippen LogP contribution >= 0.6 is 15.9 Å². The van der Waals surface area contributed by atoms with Gasteiger partial charge in [-0.1, -0.05) is 28.1 Å². The van der Waals surface area contributed by atoms with Crippen LogP contribution in [0.25, 0.3) is 0 Å². The average molecular weight is 334 g/mol. The monoisotopic (exact) mass is 333 g/mol. The van der Waals surface area contributed by atoms with E-state index in [0.717, 1.165) is 4.47 Å². The lowest BCUT2D eigenvalue weighted by Crippen LogP contribution is -2.12. The van der Waals surface area contributed by atoms with Crippen molar-refractivity contribution in [2.24, 2.45) is 5.73 Å². The van der Waals surface area contributed by atoms with Crippen LogP contribution in [0.15, 0.2) is 53.0 Å². The fourth-order valence-electron chi connectivity index (χ4n) is 1.61. The van der Waals surface area contributed by atoms with E-state index in [-0.39, 0.29) is 12.4 Å². The van der Waals surface area contributed by atoms with Gasteiger partial charge in [0, 0.05) is 15.6 Å². The zero-order valence-corrected chi connectivity index (χ0v) is 12.1. The molecule has 1 amide bonds. The van der Waals surface area contributed by atoms with Gasteiger partial charge in [0.05, 0.1) is 0 Å². The number of amides is 1. The summed E-state index contributed by atoms with van der Waals surface area (Å²) in [5.74, 6) is -0.106. The van der Waals surface area contributed by atoms with Crippen LogP contribution in [0.2, 0.25) is 0 Å². The molecule has 0 fully saturated rings. The Morgan fingerprint density at radius 2 is 1.75 bits per heavy atom. The molecule has 0 spiro atoms. The van der Waals surface area contributed by atoms with Gasteiger partial charge >= 0.3 is 0 Å². The molecule has 0 aliphatic heterocycles. The second-order valence-corrected chi connectivity index (χ2v) is 5.03. The van der Waals surface area contributed by atoms with Gasteiger partial charge in [-0.05, 0) is 36.4 Å². The molecule has 2 N–H and O–H groups in total. The molecule has 102 valence electrons. The lowest BCUT2D eigenvalue weighted by Gasteiger charge is -2.06. The number of benzene rings is 2. The molecule has 2 aromatic rings. The van der Waals surface area contributed by atoms with Gasteiger partial charge < -0.3 is 10.5 Å². The fourth-order valence-corrected chi connectivity index (χ4v) is 2.01. The number of carbonyl (C=O) groups excluding carboxylic acids is 2. The second kappa shape index (κ2) is 6.34. The minimum absolute atomic E-state index is 0.0631. The van der Waals surface area contributed by atoms with E-state index < -0.39 is 5.91 Å². The van der Waals surface area contributed by atoms with Crippen molar-refractivity contribution in [2.75, 3.05) is 6.61 Å². The van der Waals surface area contributed by atoms with Crippen LogP contribution in [-0.2, 0) is 0 Å². The number of hydrogen-bond acceptors (Lipinski definition) is 3. The SMILES string of the molecule is NC(=O)c1ccc(OCC(=O)c2cccc(Br)c2)cc1. The Morgan fingerprint density at radius 1 is 1.05 bits per heavy atom. The molecule has 0 radical (unpaired) electrons. The Kier molecular flexibility index (Phi) is 4.53. The first-order valence-electron chi connectivity index (χ1n) is 5.87. The predicted molar refractivity (Wildman–Crippen MR) is 78.9 cm³/mol. The van der Waals surface area contributed by atoms with Crippen LogP contribution in [-0.4, -0.2) is 18.3 Å². The summed E-state index contributed by atoms with van der Waals surface area (Å²) in [6, 6.07) is 13.4. The quantitative estimate of drug-likeness (QED) is 0.855. The zero-order chi connectivity index (χ0) is 14.5. The largest absolute Gasteiger partial charge is 0.485 e. The summed E-state index contributed by atoms with van der Waals surface area (Å²) in [7, 11) is 0. The van der Waals surface area contributed by atoms with E-state index in [1.807, 2.05) is 6.07 Å². The average Bonchev–Trinajstić information content (AvgIpc) is 2.45. The topological polar surface area (TPSA) is 69.4 Å². The van der Waals surface area contributed by atoms with Gasteiger partial charge in [-0.15, -0.1) is 0 Å². The molecule has 0 aliphatic carbocycles. The number of Topliss-reactive ketones (excluding diaryl/α,β-unsaturated/α-hetero) is 1. The van der Waals surface area contributed by atoms with Gasteiger partial charge in [-0.2, -0.15) is 0 Å². The maximum atomic E-state index is 11.9. The van der Waals surface area contributed by atoms with E-state index in [1.54, 1.807) is 42.5 Å². The lowest BCUT2D eigenvalue weighted by molar-refractivity contribution is 0.0920. The molecule has 5 heteroatoms. The van der Waals surface area contributed by atoms with Crippen molar-refractivity contribution in [1.29, 1.82) is 0 Å². The molecule has 2 rings (SSSR count). The number of hydrogen-bond donors (Lipinski definition) is 1. The van der Waals surface area contributed by atoms with Gasteiger partial charge in [-0.3, -0.25) is 9.59 Å². The first kappa shape index (κ1) is 14.3. The molecule has 0 aliphatic rings. The van der Waals surface area contributed by atoms with E-state index >= 15 is 0 Å². The van der Waals surface area contributed by atoms with Crippen molar-refractivity contribution in [3.05, 3.63) is 64.1 Å². The Labute approximate surface area is 124 Å². The van der Waals surface area contributed by atoms with E-state index in [4.69, 9.17) is 10.5 Å². The summed E-state index contributed by atoms with van der Waals surface area (Å²) in [4.78, 5) is 22.8. The highest BCUT2D eigenvalue weighted by Gasteiger charge is 2.07. The molecule has 0 aromatic heterocycles. The molecule has 20 heavy (non-hydrogen) atoms. The van der Waals surface area contributed by atoms with Crippen LogP contribution < -0.4 is 10.5 Å². The molecule has 0 bridgehead atoms. The van der Waals surface area contributed by atoms with Gasteiger partial charge in [0.2, 0.25) is 5.91 Å². The maximum absolute atomic E-state index is 11.9. The predicted octanol–water partition coefficient (Wildman–Crippen LogP) is 2.81. The summed E-state index contributed by atoms with van der Waals surface area (Å²) < 4.78 is 6.22. The van der Waals surface area contributed by atoms with Crippen LogP contribution in [0.1, 0.15) is 20.7 Å². The van der Waals surface area contributed by atoms with Gasteiger partial charge in [0.15, 0.2) is 12.4 Å². The Bertz CT molecular complexity index is 638. The number of primary amides is 1. The normalized spacial score (nSPS) is 10.1.